The number of nitrogens with zero attached hydrogens (tertiary/aromatic N) is 3. The van der Waals surface area contributed by atoms with Gasteiger partial charge in [-0.2, -0.15) is 5.10 Å². The summed E-state index contributed by atoms with van der Waals surface area (Å²) in [6, 6.07) is 2.73. The molecule has 9 heteroatoms. The number of anilines is 1. The minimum atomic E-state index is -0.787. The predicted molar refractivity (Wildman–Crippen MR) is 109 cm³/mol. The Hall–Kier alpha value is -3.23. The molecule has 0 aromatic carbocycles. The molecule has 6 rings (SSSR count). The summed E-state index contributed by atoms with van der Waals surface area (Å²) in [5, 5.41) is 17.9. The summed E-state index contributed by atoms with van der Waals surface area (Å²) in [5.41, 5.74) is 1.03. The molecule has 2 bridgehead atoms. The zero-order chi connectivity index (χ0) is 21.0. The van der Waals surface area contributed by atoms with Crippen molar-refractivity contribution in [1.29, 1.82) is 0 Å². The number of pyridine rings is 1. The Morgan fingerprint density at radius 1 is 1.23 bits per heavy atom. The summed E-state index contributed by atoms with van der Waals surface area (Å²) >= 11 is 0. The Labute approximate surface area is 171 Å². The minimum absolute atomic E-state index is 0.166. The van der Waals surface area contributed by atoms with Crippen LogP contribution in [0, 0.1) is 23.6 Å². The van der Waals surface area contributed by atoms with Crippen LogP contribution in [0.15, 0.2) is 29.3 Å². The van der Waals surface area contributed by atoms with E-state index in [9.17, 15) is 19.1 Å². The van der Waals surface area contributed by atoms with E-state index in [2.05, 4.69) is 20.4 Å². The van der Waals surface area contributed by atoms with Gasteiger partial charge in [0, 0.05) is 30.2 Å². The standard InChI is InChI=1S/C21H22FN5O3/c1-27-20(28)14(15-9-24-19-13(15)6-12(22)8-23-19)7-16(26-27)25-18-11-4-2-10(3-5-11)17(18)21(29)30/h6-11,17-18H,2-5H2,1H3,(H,23,24)(H,25,26)(H,29,30)/t10?,11?,17-,18?/m0/s1. The summed E-state index contributed by atoms with van der Waals surface area (Å²) in [6.45, 7) is 0. The fourth-order valence-corrected chi connectivity index (χ4v) is 5.26. The normalized spacial score (nSPS) is 25.5. The molecule has 3 aliphatic carbocycles. The van der Waals surface area contributed by atoms with Crippen LogP contribution in [0.3, 0.4) is 0 Å². The lowest BCUT2D eigenvalue weighted by atomic mass is 9.61. The minimum Gasteiger partial charge on any atom is -0.481 e. The molecule has 3 aliphatic rings. The number of halogens is 1. The van der Waals surface area contributed by atoms with Gasteiger partial charge < -0.3 is 15.4 Å². The Morgan fingerprint density at radius 2 is 1.97 bits per heavy atom. The molecular weight excluding hydrogens is 389 g/mol. The van der Waals surface area contributed by atoms with Crippen LogP contribution in [-0.4, -0.2) is 36.9 Å². The van der Waals surface area contributed by atoms with Crippen molar-refractivity contribution in [3.05, 3.63) is 40.7 Å². The Bertz CT molecular complexity index is 1200. The molecular formula is C21H22FN5O3. The molecule has 156 valence electrons. The number of carboxylic acid groups (broad SMARTS) is 1. The Kier molecular flexibility index (Phi) is 4.34. The molecule has 1 unspecified atom stereocenters. The largest absolute Gasteiger partial charge is 0.481 e. The molecule has 0 saturated heterocycles. The molecule has 30 heavy (non-hydrogen) atoms. The number of carboxylic acids is 1. The van der Waals surface area contributed by atoms with Gasteiger partial charge in [-0.05, 0) is 49.7 Å². The van der Waals surface area contributed by atoms with E-state index in [4.69, 9.17) is 0 Å². The first-order chi connectivity index (χ1) is 14.4. The number of aromatic nitrogens is 4. The molecule has 3 saturated carbocycles. The molecule has 8 nitrogen and oxygen atoms in total. The highest BCUT2D eigenvalue weighted by Crippen LogP contribution is 2.46. The van der Waals surface area contributed by atoms with Crippen molar-refractivity contribution in [1.82, 2.24) is 19.7 Å². The van der Waals surface area contributed by atoms with Crippen LogP contribution in [0.25, 0.3) is 22.2 Å². The maximum atomic E-state index is 13.7. The highest BCUT2D eigenvalue weighted by atomic mass is 19.1. The second-order valence-corrected chi connectivity index (χ2v) is 8.33. The molecule has 2 atom stereocenters. The van der Waals surface area contributed by atoms with Crippen molar-refractivity contribution >= 4 is 22.8 Å². The van der Waals surface area contributed by atoms with Crippen molar-refractivity contribution in [3.8, 4) is 11.1 Å². The second-order valence-electron chi connectivity index (χ2n) is 8.33. The van der Waals surface area contributed by atoms with Crippen LogP contribution >= 0.6 is 0 Å². The first kappa shape index (κ1) is 18.8. The molecule has 3 N–H and O–H groups in total. The molecule has 0 aliphatic heterocycles. The van der Waals surface area contributed by atoms with E-state index in [0.717, 1.165) is 31.9 Å². The van der Waals surface area contributed by atoms with E-state index in [1.807, 2.05) is 0 Å². The summed E-state index contributed by atoms with van der Waals surface area (Å²) in [6.07, 6.45) is 6.63. The van der Waals surface area contributed by atoms with Gasteiger partial charge in [-0.25, -0.2) is 14.1 Å². The Balaban J connectivity index is 1.56. The third kappa shape index (κ3) is 2.96. The van der Waals surface area contributed by atoms with Crippen molar-refractivity contribution < 1.29 is 14.3 Å². The first-order valence-electron chi connectivity index (χ1n) is 10.1. The molecule has 0 radical (unpaired) electrons. The van der Waals surface area contributed by atoms with Gasteiger partial charge >= 0.3 is 5.97 Å². The molecule has 3 fully saturated rings. The van der Waals surface area contributed by atoms with Gasteiger partial charge in [-0.1, -0.05) is 0 Å². The fraction of sp³-hybridized carbons (Fsp3) is 0.429. The number of rotatable bonds is 4. The number of fused-ring (bicyclic) bond motifs is 4. The maximum absolute atomic E-state index is 13.7. The summed E-state index contributed by atoms with van der Waals surface area (Å²) in [4.78, 5) is 31.7. The van der Waals surface area contributed by atoms with E-state index < -0.39 is 17.7 Å². The number of H-pyrrole nitrogens is 1. The number of aryl methyl sites for hydroxylation is 1. The third-order valence-electron chi connectivity index (χ3n) is 6.67. The van der Waals surface area contributed by atoms with E-state index in [0.29, 0.717) is 28.0 Å². The zero-order valence-electron chi connectivity index (χ0n) is 16.4. The first-order valence-corrected chi connectivity index (χ1v) is 10.1. The predicted octanol–water partition coefficient (Wildman–Crippen LogP) is 2.76. The van der Waals surface area contributed by atoms with Crippen LogP contribution in [0.4, 0.5) is 10.2 Å². The van der Waals surface area contributed by atoms with Crippen LogP contribution in [0.1, 0.15) is 25.7 Å². The summed E-state index contributed by atoms with van der Waals surface area (Å²) in [5.74, 6) is -0.870. The fourth-order valence-electron chi connectivity index (χ4n) is 5.26. The van der Waals surface area contributed by atoms with E-state index in [-0.39, 0.29) is 23.4 Å². The zero-order valence-corrected chi connectivity index (χ0v) is 16.4. The molecule has 3 aromatic heterocycles. The smallest absolute Gasteiger partial charge is 0.308 e. The van der Waals surface area contributed by atoms with Gasteiger partial charge in [-0.3, -0.25) is 9.59 Å². The lowest BCUT2D eigenvalue weighted by Gasteiger charge is -2.47. The monoisotopic (exact) mass is 411 g/mol. The number of aliphatic carboxylic acids is 1. The van der Waals surface area contributed by atoms with Gasteiger partial charge in [0.15, 0.2) is 0 Å². The van der Waals surface area contributed by atoms with E-state index in [1.54, 1.807) is 19.3 Å². The molecule has 0 spiro atoms. The highest BCUT2D eigenvalue weighted by molar-refractivity contribution is 5.93. The Morgan fingerprint density at radius 3 is 2.70 bits per heavy atom. The molecule has 3 heterocycles. The number of nitrogens with one attached hydrogen (secondary N) is 2. The van der Waals surface area contributed by atoms with Crippen LogP contribution in [-0.2, 0) is 11.8 Å². The topological polar surface area (TPSA) is 113 Å². The lowest BCUT2D eigenvalue weighted by Crippen LogP contribution is -2.51. The maximum Gasteiger partial charge on any atom is 0.308 e. The van der Waals surface area contributed by atoms with Crippen LogP contribution in [0.2, 0.25) is 0 Å². The van der Waals surface area contributed by atoms with Crippen LogP contribution in [0.5, 0.6) is 0 Å². The average Bonchev–Trinajstić information content (AvgIpc) is 3.14. The number of carbonyl (C=O) groups is 1. The average molecular weight is 411 g/mol. The number of aromatic amines is 1. The SMILES string of the molecule is Cn1nc(NC2C3CCC(CC3)[C@@H]2C(=O)O)cc(-c2c[nH]c3ncc(F)cc23)c1=O. The van der Waals surface area contributed by atoms with Crippen molar-refractivity contribution in [2.45, 2.75) is 31.7 Å². The molecule has 0 amide bonds. The lowest BCUT2D eigenvalue weighted by molar-refractivity contribution is -0.148. The highest BCUT2D eigenvalue weighted by Gasteiger charge is 2.47. The van der Waals surface area contributed by atoms with Gasteiger partial charge in [0.2, 0.25) is 0 Å². The van der Waals surface area contributed by atoms with Gasteiger partial charge in [-0.15, -0.1) is 0 Å². The number of hydrogen-bond acceptors (Lipinski definition) is 5. The van der Waals surface area contributed by atoms with Crippen LogP contribution < -0.4 is 10.9 Å². The molecule has 3 aromatic rings. The summed E-state index contributed by atoms with van der Waals surface area (Å²) < 4.78 is 15.0. The van der Waals surface area contributed by atoms with E-state index >= 15 is 0 Å². The van der Waals surface area contributed by atoms with Crippen molar-refractivity contribution in [2.75, 3.05) is 5.32 Å². The van der Waals surface area contributed by atoms with Crippen molar-refractivity contribution in [3.63, 3.8) is 0 Å². The second kappa shape index (κ2) is 6.93. The quantitative estimate of drug-likeness (QED) is 0.609. The van der Waals surface area contributed by atoms with Gasteiger partial charge in [0.25, 0.3) is 5.56 Å². The van der Waals surface area contributed by atoms with Gasteiger partial charge in [0.05, 0.1) is 17.7 Å². The third-order valence-corrected chi connectivity index (χ3v) is 6.67. The van der Waals surface area contributed by atoms with Crippen molar-refractivity contribution in [2.24, 2.45) is 24.8 Å². The number of hydrogen-bond donors (Lipinski definition) is 3. The van der Waals surface area contributed by atoms with Gasteiger partial charge in [0.1, 0.15) is 17.3 Å². The summed E-state index contributed by atoms with van der Waals surface area (Å²) in [7, 11) is 1.55. The van der Waals surface area contributed by atoms with E-state index in [1.165, 1.54) is 10.7 Å².